The Kier molecular flexibility index (Phi) is 66.1. The Morgan fingerprint density at radius 1 is 0.400 bits per heavy atom. The number of carbonyl (C=O) groups excluding carboxylic acids is 1. The van der Waals surface area contributed by atoms with Gasteiger partial charge in [-0.05, 0) is 51.4 Å². The monoisotopic (exact) mass is 1220 g/mol. The van der Waals surface area contributed by atoms with E-state index in [4.69, 9.17) is 9.05 Å². The van der Waals surface area contributed by atoms with Crippen LogP contribution < -0.4 is 5.32 Å². The van der Waals surface area contributed by atoms with Crippen LogP contribution >= 0.6 is 7.82 Å². The molecule has 0 saturated carbocycles. The van der Waals surface area contributed by atoms with Crippen molar-refractivity contribution in [1.29, 1.82) is 0 Å². The van der Waals surface area contributed by atoms with E-state index in [2.05, 4.69) is 43.5 Å². The number of hydrogen-bond donors (Lipinski definition) is 3. The second-order valence-corrected chi connectivity index (χ2v) is 28.8. The zero-order valence-electron chi connectivity index (χ0n) is 57.9. The largest absolute Gasteiger partial charge is 0.472 e. The van der Waals surface area contributed by atoms with Crippen LogP contribution in [-0.2, 0) is 18.4 Å². The number of aliphatic hydroxyl groups is 1. The van der Waals surface area contributed by atoms with E-state index in [1.54, 1.807) is 6.08 Å². The standard InChI is InChI=1S/C76H149N2O6P/c1-6-8-10-12-14-16-18-20-22-24-26-28-30-32-33-34-35-36-37-38-39-40-41-42-43-44-45-46-48-50-52-54-56-58-60-62-64-66-68-70-76(80)77-74(73-84-85(81,82)83-72-71-78(3,4)5)75(79)69-67-65-63-61-59-57-55-53-51-49-47-31-29-27-25-23-21-19-17-15-13-11-9-7-2/h18,20,24,26,67,69,74-75,79H,6-17,19,21-23,25,27-66,68,70-73H2,1-5H3,(H-,77,80,81,82)/p+1/b20-18-,26-24-,69-67+. The predicted octanol–water partition coefficient (Wildman–Crippen LogP) is 24.4. The molecule has 0 heterocycles. The number of unbranched alkanes of at least 4 members (excludes halogenated alkanes) is 54. The molecule has 0 aliphatic heterocycles. The lowest BCUT2D eigenvalue weighted by atomic mass is 10.0. The molecule has 85 heavy (non-hydrogen) atoms. The molecule has 1 amide bonds. The van der Waals surface area contributed by atoms with Gasteiger partial charge in [0.25, 0.3) is 0 Å². The summed E-state index contributed by atoms with van der Waals surface area (Å²) >= 11 is 0. The minimum absolute atomic E-state index is 0.0643. The van der Waals surface area contributed by atoms with Gasteiger partial charge in [-0.15, -0.1) is 0 Å². The average molecular weight is 1220 g/mol. The van der Waals surface area contributed by atoms with E-state index < -0.39 is 20.0 Å². The van der Waals surface area contributed by atoms with Crippen molar-refractivity contribution in [2.24, 2.45) is 0 Å². The van der Waals surface area contributed by atoms with Crippen molar-refractivity contribution in [3.63, 3.8) is 0 Å². The molecule has 0 radical (unpaired) electrons. The molecule has 0 bridgehead atoms. The molecule has 0 fully saturated rings. The molecule has 0 saturated heterocycles. The maximum Gasteiger partial charge on any atom is 0.472 e. The zero-order chi connectivity index (χ0) is 61.9. The van der Waals surface area contributed by atoms with Gasteiger partial charge in [0.05, 0.1) is 39.9 Å². The summed E-state index contributed by atoms with van der Waals surface area (Å²) in [5, 5.41) is 14.0. The van der Waals surface area contributed by atoms with Crippen LogP contribution in [0.4, 0.5) is 0 Å². The summed E-state index contributed by atoms with van der Waals surface area (Å²) < 4.78 is 23.9. The molecule has 0 aromatic rings. The topological polar surface area (TPSA) is 105 Å². The van der Waals surface area contributed by atoms with Crippen molar-refractivity contribution in [3.8, 4) is 0 Å². The van der Waals surface area contributed by atoms with Crippen molar-refractivity contribution in [2.45, 2.75) is 405 Å². The molecule has 3 unspecified atom stereocenters. The third-order valence-electron chi connectivity index (χ3n) is 17.6. The maximum atomic E-state index is 13.1. The summed E-state index contributed by atoms with van der Waals surface area (Å²) in [5.74, 6) is -0.168. The minimum atomic E-state index is -4.35. The second-order valence-electron chi connectivity index (χ2n) is 27.4. The zero-order valence-corrected chi connectivity index (χ0v) is 58.8. The van der Waals surface area contributed by atoms with Crippen LogP contribution in [0.1, 0.15) is 393 Å². The quantitative estimate of drug-likeness (QED) is 0.0243. The van der Waals surface area contributed by atoms with E-state index in [0.29, 0.717) is 17.4 Å². The van der Waals surface area contributed by atoms with Gasteiger partial charge in [-0.25, -0.2) is 4.57 Å². The van der Waals surface area contributed by atoms with Gasteiger partial charge >= 0.3 is 7.82 Å². The van der Waals surface area contributed by atoms with Crippen molar-refractivity contribution in [3.05, 3.63) is 36.5 Å². The summed E-state index contributed by atoms with van der Waals surface area (Å²) in [6, 6.07) is -0.846. The highest BCUT2D eigenvalue weighted by molar-refractivity contribution is 7.47. The molecule has 0 aliphatic rings. The Balaban J connectivity index is 3.93. The van der Waals surface area contributed by atoms with E-state index in [-0.39, 0.29) is 19.1 Å². The molecule has 0 aromatic carbocycles. The van der Waals surface area contributed by atoms with Gasteiger partial charge in [0, 0.05) is 6.42 Å². The molecule has 0 spiro atoms. The fraction of sp³-hybridized carbons (Fsp3) is 0.908. The number of amides is 1. The maximum absolute atomic E-state index is 13.1. The van der Waals surface area contributed by atoms with E-state index >= 15 is 0 Å². The Bertz CT molecular complexity index is 1480. The van der Waals surface area contributed by atoms with Crippen LogP contribution in [0.2, 0.25) is 0 Å². The molecule has 3 atom stereocenters. The first-order valence-electron chi connectivity index (χ1n) is 37.9. The molecule has 3 N–H and O–H groups in total. The van der Waals surface area contributed by atoms with Crippen molar-refractivity contribution < 1.29 is 32.9 Å². The lowest BCUT2D eigenvalue weighted by Gasteiger charge is -2.25. The SMILES string of the molecule is CCCCCCC/C=C\C/C=C\CCCCCCCCCCCCCCCCCCCCCCCCCCCCCC(=O)NC(COP(=O)(O)OCC[N+](C)(C)C)C(O)/C=C/CCCCCCCCCCCCCCCCCCCCCCCC. The van der Waals surface area contributed by atoms with Gasteiger partial charge in [-0.2, -0.15) is 0 Å². The molecule has 0 aromatic heterocycles. The van der Waals surface area contributed by atoms with Crippen molar-refractivity contribution in [2.75, 3.05) is 40.9 Å². The Labute approximate surface area is 531 Å². The van der Waals surface area contributed by atoms with E-state index in [9.17, 15) is 19.4 Å². The van der Waals surface area contributed by atoms with Crippen LogP contribution in [0.15, 0.2) is 36.5 Å². The number of hydrogen-bond acceptors (Lipinski definition) is 5. The lowest BCUT2D eigenvalue weighted by Crippen LogP contribution is -2.45. The number of nitrogens with one attached hydrogen (secondary N) is 1. The molecular weight excluding hydrogens is 1070 g/mol. The Morgan fingerprint density at radius 2 is 0.671 bits per heavy atom. The number of rotatable bonds is 71. The number of quaternary nitrogens is 1. The van der Waals surface area contributed by atoms with Crippen LogP contribution in [0.25, 0.3) is 0 Å². The number of aliphatic hydroxyl groups excluding tert-OH is 1. The fourth-order valence-electron chi connectivity index (χ4n) is 11.7. The smallest absolute Gasteiger partial charge is 0.387 e. The van der Waals surface area contributed by atoms with Gasteiger partial charge < -0.3 is 19.8 Å². The van der Waals surface area contributed by atoms with Crippen molar-refractivity contribution >= 4 is 13.7 Å². The predicted molar refractivity (Wildman–Crippen MR) is 374 cm³/mol. The second kappa shape index (κ2) is 67.1. The number of nitrogens with zero attached hydrogens (tertiary/aromatic N) is 1. The van der Waals surface area contributed by atoms with E-state index in [0.717, 1.165) is 38.5 Å². The molecule has 9 heteroatoms. The first kappa shape index (κ1) is 83.7. The molecule has 0 rings (SSSR count). The minimum Gasteiger partial charge on any atom is -0.387 e. The number of carbonyl (C=O) groups is 1. The van der Waals surface area contributed by atoms with E-state index in [1.807, 2.05) is 27.2 Å². The summed E-state index contributed by atoms with van der Waals surface area (Å²) in [6.07, 6.45) is 90.4. The highest BCUT2D eigenvalue weighted by Gasteiger charge is 2.28. The number of likely N-dealkylation sites (N-methyl/N-ethyl adjacent to an activating group) is 1. The molecule has 504 valence electrons. The lowest BCUT2D eigenvalue weighted by molar-refractivity contribution is -0.870. The summed E-state index contributed by atoms with van der Waals surface area (Å²) in [5.41, 5.74) is 0. The third-order valence-corrected chi connectivity index (χ3v) is 18.6. The summed E-state index contributed by atoms with van der Waals surface area (Å²) in [7, 11) is 1.59. The summed E-state index contributed by atoms with van der Waals surface area (Å²) in [6.45, 7) is 4.87. The number of phosphoric ester groups is 1. The third kappa shape index (κ3) is 70.0. The number of phosphoric acid groups is 1. The van der Waals surface area contributed by atoms with Gasteiger partial charge in [-0.1, -0.05) is 371 Å². The Morgan fingerprint density at radius 3 is 0.965 bits per heavy atom. The van der Waals surface area contributed by atoms with Crippen molar-refractivity contribution in [1.82, 2.24) is 5.32 Å². The molecule has 8 nitrogen and oxygen atoms in total. The number of allylic oxidation sites excluding steroid dienone is 5. The Hall–Kier alpha value is -1.28. The van der Waals surface area contributed by atoms with Gasteiger partial charge in [0.15, 0.2) is 0 Å². The van der Waals surface area contributed by atoms with Crippen LogP contribution in [0, 0.1) is 0 Å². The first-order chi connectivity index (χ1) is 41.5. The normalized spacial score (nSPS) is 13.7. The highest BCUT2D eigenvalue weighted by atomic mass is 31.2. The fourth-order valence-corrected chi connectivity index (χ4v) is 12.5. The van der Waals surface area contributed by atoms with Crippen LogP contribution in [0.3, 0.4) is 0 Å². The van der Waals surface area contributed by atoms with Crippen LogP contribution in [-0.4, -0.2) is 73.4 Å². The first-order valence-corrected chi connectivity index (χ1v) is 39.4. The van der Waals surface area contributed by atoms with Gasteiger partial charge in [0.2, 0.25) is 5.91 Å². The van der Waals surface area contributed by atoms with Crippen LogP contribution in [0.5, 0.6) is 0 Å². The van der Waals surface area contributed by atoms with Gasteiger partial charge in [-0.3, -0.25) is 13.8 Å². The van der Waals surface area contributed by atoms with Gasteiger partial charge in [0.1, 0.15) is 13.2 Å². The molecule has 0 aliphatic carbocycles. The van der Waals surface area contributed by atoms with E-state index in [1.165, 1.54) is 334 Å². The summed E-state index contributed by atoms with van der Waals surface area (Å²) in [4.78, 5) is 23.5. The average Bonchev–Trinajstić information content (AvgIpc) is 3.49. The molecular formula is C76H150N2O6P+. The highest BCUT2D eigenvalue weighted by Crippen LogP contribution is 2.43.